The minimum absolute atomic E-state index is 0.136. The predicted molar refractivity (Wildman–Crippen MR) is 91.7 cm³/mol. The van der Waals surface area contributed by atoms with E-state index < -0.39 is 39.7 Å². The van der Waals surface area contributed by atoms with E-state index in [-0.39, 0.29) is 4.90 Å². The van der Waals surface area contributed by atoms with Gasteiger partial charge in [-0.2, -0.15) is 8.78 Å². The molecule has 0 bridgehead atoms. The van der Waals surface area contributed by atoms with Crippen LogP contribution in [0.2, 0.25) is 0 Å². The molecule has 3 rings (SSSR count). The number of H-pyrrole nitrogens is 1. The van der Waals surface area contributed by atoms with E-state index in [0.717, 1.165) is 4.88 Å². The van der Waals surface area contributed by atoms with Crippen LogP contribution < -0.4 is 9.46 Å². The van der Waals surface area contributed by atoms with Crippen molar-refractivity contribution in [1.82, 2.24) is 4.98 Å². The molecule has 0 aliphatic carbocycles. The molecule has 0 saturated heterocycles. The van der Waals surface area contributed by atoms with Crippen LogP contribution in [0, 0.1) is 11.6 Å². The molecule has 0 saturated carbocycles. The zero-order valence-electron chi connectivity index (χ0n) is 13.4. The molecule has 2 heterocycles. The van der Waals surface area contributed by atoms with Gasteiger partial charge >= 0.3 is 6.61 Å². The summed E-state index contributed by atoms with van der Waals surface area (Å²) in [6, 6.07) is 4.44. The van der Waals surface area contributed by atoms with Gasteiger partial charge in [-0.1, -0.05) is 6.07 Å². The molecule has 0 aliphatic heterocycles. The summed E-state index contributed by atoms with van der Waals surface area (Å²) in [6.07, 6.45) is 3.04. The Morgan fingerprint density at radius 1 is 1.19 bits per heavy atom. The Morgan fingerprint density at radius 3 is 2.63 bits per heavy atom. The van der Waals surface area contributed by atoms with Gasteiger partial charge in [0.05, 0.1) is 5.69 Å². The van der Waals surface area contributed by atoms with Gasteiger partial charge < -0.3 is 9.72 Å². The van der Waals surface area contributed by atoms with Crippen molar-refractivity contribution < 1.29 is 30.7 Å². The quantitative estimate of drug-likeness (QED) is 0.559. The maximum absolute atomic E-state index is 14.0. The summed E-state index contributed by atoms with van der Waals surface area (Å²) in [4.78, 5) is 3.45. The summed E-state index contributed by atoms with van der Waals surface area (Å²) in [5.74, 6) is -3.61. The van der Waals surface area contributed by atoms with Gasteiger partial charge in [-0.15, -0.1) is 11.3 Å². The third kappa shape index (κ3) is 4.42. The number of aromatic nitrogens is 1. The predicted octanol–water partition coefficient (Wildman–Crippen LogP) is 4.35. The Kier molecular flexibility index (Phi) is 5.42. The summed E-state index contributed by atoms with van der Waals surface area (Å²) in [5, 5.41) is 1.84. The van der Waals surface area contributed by atoms with E-state index in [0.29, 0.717) is 24.1 Å². The smallest absolute Gasteiger partial charge is 0.387 e. The molecule has 5 nitrogen and oxygen atoms in total. The normalized spacial score (nSPS) is 11.7. The van der Waals surface area contributed by atoms with Gasteiger partial charge in [-0.3, -0.25) is 4.72 Å². The molecule has 3 aromatic rings. The maximum Gasteiger partial charge on any atom is 0.387 e. The molecule has 144 valence electrons. The van der Waals surface area contributed by atoms with Gasteiger partial charge in [0.25, 0.3) is 10.0 Å². The zero-order chi connectivity index (χ0) is 19.6. The molecule has 0 aliphatic rings. The average Bonchev–Trinajstić information content (AvgIpc) is 3.24. The first-order valence-electron chi connectivity index (χ1n) is 7.41. The first-order chi connectivity index (χ1) is 12.8. The van der Waals surface area contributed by atoms with Gasteiger partial charge in [-0.25, -0.2) is 17.2 Å². The number of aromatic amines is 1. The van der Waals surface area contributed by atoms with Crippen LogP contribution in [0.25, 0.3) is 0 Å². The number of thiophene rings is 1. The number of nitrogens with one attached hydrogen (secondary N) is 2. The Balaban J connectivity index is 1.87. The highest BCUT2D eigenvalue weighted by Gasteiger charge is 2.23. The Bertz CT molecular complexity index is 1030. The average molecular weight is 420 g/mol. The van der Waals surface area contributed by atoms with Gasteiger partial charge in [-0.05, 0) is 17.0 Å². The van der Waals surface area contributed by atoms with Gasteiger partial charge in [0.1, 0.15) is 4.90 Å². The van der Waals surface area contributed by atoms with E-state index in [1.165, 1.54) is 23.7 Å². The number of ether oxygens (including phenoxy) is 1. The number of hydrogen-bond donors (Lipinski definition) is 2. The number of anilines is 1. The molecular weight excluding hydrogens is 408 g/mol. The minimum atomic E-state index is -4.25. The number of hydrogen-bond acceptors (Lipinski definition) is 4. The second kappa shape index (κ2) is 7.61. The number of halogens is 4. The van der Waals surface area contributed by atoms with E-state index in [9.17, 15) is 26.0 Å². The van der Waals surface area contributed by atoms with Crippen LogP contribution in [0.15, 0.2) is 46.9 Å². The second-order valence-electron chi connectivity index (χ2n) is 5.35. The zero-order valence-corrected chi connectivity index (χ0v) is 15.0. The molecule has 2 N–H and O–H groups in total. The summed E-state index contributed by atoms with van der Waals surface area (Å²) in [5.41, 5.74) is -0.291. The summed E-state index contributed by atoms with van der Waals surface area (Å²) < 4.78 is 83.0. The summed E-state index contributed by atoms with van der Waals surface area (Å²) in [6.45, 7) is -3.35. The van der Waals surface area contributed by atoms with Crippen molar-refractivity contribution in [3.8, 4) is 5.75 Å². The highest BCUT2D eigenvalue weighted by Crippen LogP contribution is 2.29. The van der Waals surface area contributed by atoms with Crippen LogP contribution in [0.1, 0.15) is 10.4 Å². The first kappa shape index (κ1) is 19.2. The molecule has 11 heteroatoms. The third-order valence-corrected chi connectivity index (χ3v) is 5.83. The highest BCUT2D eigenvalue weighted by molar-refractivity contribution is 7.92. The van der Waals surface area contributed by atoms with Crippen molar-refractivity contribution in [2.45, 2.75) is 17.9 Å². The van der Waals surface area contributed by atoms with Crippen LogP contribution in [0.4, 0.5) is 23.2 Å². The molecule has 0 unspecified atom stereocenters. The van der Waals surface area contributed by atoms with Gasteiger partial charge in [0, 0.05) is 35.8 Å². The molecule has 0 spiro atoms. The number of benzene rings is 1. The molecule has 1 aromatic carbocycles. The van der Waals surface area contributed by atoms with Crippen molar-refractivity contribution in [1.29, 1.82) is 0 Å². The summed E-state index contributed by atoms with van der Waals surface area (Å²) in [7, 11) is -4.25. The fourth-order valence-electron chi connectivity index (χ4n) is 2.36. The van der Waals surface area contributed by atoms with E-state index in [1.54, 1.807) is 0 Å². The first-order valence-corrected chi connectivity index (χ1v) is 9.77. The SMILES string of the molecule is O=S(=O)(Nc1cc(F)c(OC(F)F)cc1F)c1c[nH]cc1Cc1cccs1. The van der Waals surface area contributed by atoms with Crippen LogP contribution in [-0.2, 0) is 16.4 Å². The van der Waals surface area contributed by atoms with Crippen molar-refractivity contribution in [2.75, 3.05) is 4.72 Å². The summed E-state index contributed by atoms with van der Waals surface area (Å²) >= 11 is 1.44. The molecule has 0 atom stereocenters. The Hall–Kier alpha value is -2.53. The molecule has 0 amide bonds. The molecule has 2 aromatic heterocycles. The molecule has 0 radical (unpaired) electrons. The van der Waals surface area contributed by atoms with Gasteiger partial charge in [0.2, 0.25) is 0 Å². The van der Waals surface area contributed by atoms with Crippen molar-refractivity contribution >= 4 is 27.0 Å². The number of alkyl halides is 2. The minimum Gasteiger partial charge on any atom is -0.432 e. The van der Waals surface area contributed by atoms with E-state index in [4.69, 9.17) is 0 Å². The van der Waals surface area contributed by atoms with E-state index >= 15 is 0 Å². The molecule has 27 heavy (non-hydrogen) atoms. The Labute approximate surface area is 155 Å². The number of sulfonamides is 1. The maximum atomic E-state index is 14.0. The van der Waals surface area contributed by atoms with Crippen molar-refractivity contribution in [3.63, 3.8) is 0 Å². The highest BCUT2D eigenvalue weighted by atomic mass is 32.2. The van der Waals surface area contributed by atoms with Crippen molar-refractivity contribution in [2.24, 2.45) is 0 Å². The van der Waals surface area contributed by atoms with E-state index in [2.05, 4.69) is 9.72 Å². The lowest BCUT2D eigenvalue weighted by Crippen LogP contribution is -2.15. The monoisotopic (exact) mass is 420 g/mol. The Morgan fingerprint density at radius 2 is 1.96 bits per heavy atom. The van der Waals surface area contributed by atoms with Gasteiger partial charge in [0.15, 0.2) is 17.4 Å². The van der Waals surface area contributed by atoms with Crippen LogP contribution in [0.5, 0.6) is 5.75 Å². The van der Waals surface area contributed by atoms with Crippen LogP contribution in [0.3, 0.4) is 0 Å². The van der Waals surface area contributed by atoms with Crippen molar-refractivity contribution in [3.05, 3.63) is 64.1 Å². The fourth-order valence-corrected chi connectivity index (χ4v) is 4.35. The lowest BCUT2D eigenvalue weighted by Gasteiger charge is -2.12. The lowest BCUT2D eigenvalue weighted by molar-refractivity contribution is -0.0523. The van der Waals surface area contributed by atoms with Crippen LogP contribution in [-0.4, -0.2) is 20.0 Å². The fraction of sp³-hybridized carbons (Fsp3) is 0.125. The molecular formula is C16H12F4N2O3S2. The molecule has 0 fully saturated rings. The van der Waals surface area contributed by atoms with Crippen LogP contribution >= 0.6 is 11.3 Å². The largest absolute Gasteiger partial charge is 0.432 e. The third-order valence-electron chi connectivity index (χ3n) is 3.50. The second-order valence-corrected chi connectivity index (χ2v) is 8.03. The lowest BCUT2D eigenvalue weighted by atomic mass is 10.2. The van der Waals surface area contributed by atoms with E-state index in [1.807, 2.05) is 22.2 Å². The standard InChI is InChI=1S/C16H12F4N2O3S2/c17-11-6-14(25-16(19)20)12(18)5-13(11)22-27(23,24)15-8-21-7-9(15)4-10-2-1-3-26-10/h1-3,5-8,16,21-22H,4H2. The number of rotatable bonds is 7. The topological polar surface area (TPSA) is 71.2 Å².